The second kappa shape index (κ2) is 5.98. The SMILES string of the molecule is CC1CCCCC1(CN)NS(=O)(=O)c1cccc(F)c1F. The van der Waals surface area contributed by atoms with Crippen molar-refractivity contribution in [2.45, 2.75) is 43.0 Å². The summed E-state index contributed by atoms with van der Waals surface area (Å²) in [5, 5.41) is 0. The van der Waals surface area contributed by atoms with Gasteiger partial charge in [0, 0.05) is 12.1 Å². The van der Waals surface area contributed by atoms with Crippen molar-refractivity contribution in [3.8, 4) is 0 Å². The van der Waals surface area contributed by atoms with Crippen molar-refractivity contribution in [1.82, 2.24) is 4.72 Å². The van der Waals surface area contributed by atoms with E-state index in [1.54, 1.807) is 0 Å². The molecule has 1 aromatic carbocycles. The summed E-state index contributed by atoms with van der Waals surface area (Å²) in [5.41, 5.74) is 4.99. The van der Waals surface area contributed by atoms with Crippen LogP contribution in [0.25, 0.3) is 0 Å². The van der Waals surface area contributed by atoms with E-state index in [1.807, 2.05) is 6.92 Å². The molecule has 0 amide bonds. The molecule has 118 valence electrons. The Balaban J connectivity index is 2.38. The lowest BCUT2D eigenvalue weighted by Gasteiger charge is -2.42. The molecule has 3 N–H and O–H groups in total. The number of hydrogen-bond donors (Lipinski definition) is 2. The van der Waals surface area contributed by atoms with Gasteiger partial charge in [0.05, 0.1) is 0 Å². The van der Waals surface area contributed by atoms with Crippen molar-refractivity contribution >= 4 is 10.0 Å². The van der Waals surface area contributed by atoms with Gasteiger partial charge in [-0.2, -0.15) is 0 Å². The van der Waals surface area contributed by atoms with Crippen molar-refractivity contribution < 1.29 is 17.2 Å². The number of nitrogens with one attached hydrogen (secondary N) is 1. The topological polar surface area (TPSA) is 72.2 Å². The zero-order valence-electron chi connectivity index (χ0n) is 11.9. The van der Waals surface area contributed by atoms with Crippen LogP contribution in [-0.4, -0.2) is 20.5 Å². The molecule has 0 saturated heterocycles. The molecular formula is C14H20F2N2O2S. The van der Waals surface area contributed by atoms with E-state index in [4.69, 9.17) is 5.73 Å². The van der Waals surface area contributed by atoms with Gasteiger partial charge in [0.25, 0.3) is 0 Å². The van der Waals surface area contributed by atoms with Crippen LogP contribution in [0.3, 0.4) is 0 Å². The van der Waals surface area contributed by atoms with E-state index < -0.39 is 32.1 Å². The first-order chi connectivity index (χ1) is 9.82. The van der Waals surface area contributed by atoms with Crippen LogP contribution in [0, 0.1) is 17.6 Å². The molecule has 0 aromatic heterocycles. The summed E-state index contributed by atoms with van der Waals surface area (Å²) in [6.45, 7) is 2.06. The van der Waals surface area contributed by atoms with E-state index in [0.717, 1.165) is 31.4 Å². The van der Waals surface area contributed by atoms with Crippen molar-refractivity contribution in [3.05, 3.63) is 29.8 Å². The molecule has 0 heterocycles. The van der Waals surface area contributed by atoms with E-state index in [1.165, 1.54) is 6.07 Å². The molecular weight excluding hydrogens is 298 g/mol. The number of sulfonamides is 1. The van der Waals surface area contributed by atoms with Gasteiger partial charge in [-0.05, 0) is 30.9 Å². The monoisotopic (exact) mass is 318 g/mol. The highest BCUT2D eigenvalue weighted by atomic mass is 32.2. The molecule has 1 aliphatic rings. The third-order valence-corrected chi connectivity index (χ3v) is 5.93. The Hall–Kier alpha value is -1.05. The van der Waals surface area contributed by atoms with Gasteiger partial charge >= 0.3 is 0 Å². The zero-order chi connectivity index (χ0) is 15.7. The molecule has 1 saturated carbocycles. The molecule has 0 bridgehead atoms. The fourth-order valence-electron chi connectivity index (χ4n) is 2.92. The quantitative estimate of drug-likeness (QED) is 0.893. The molecule has 2 atom stereocenters. The summed E-state index contributed by atoms with van der Waals surface area (Å²) in [6, 6.07) is 3.11. The van der Waals surface area contributed by atoms with Crippen LogP contribution < -0.4 is 10.5 Å². The molecule has 0 spiro atoms. The van der Waals surface area contributed by atoms with Gasteiger partial charge in [0.15, 0.2) is 11.6 Å². The number of hydrogen-bond acceptors (Lipinski definition) is 3. The molecule has 1 aromatic rings. The Morgan fingerprint density at radius 1 is 1.38 bits per heavy atom. The molecule has 21 heavy (non-hydrogen) atoms. The molecule has 4 nitrogen and oxygen atoms in total. The number of nitrogens with two attached hydrogens (primary N) is 1. The highest BCUT2D eigenvalue weighted by molar-refractivity contribution is 7.89. The lowest BCUT2D eigenvalue weighted by Crippen LogP contribution is -2.59. The van der Waals surface area contributed by atoms with Gasteiger partial charge in [-0.15, -0.1) is 0 Å². The first-order valence-electron chi connectivity index (χ1n) is 7.00. The van der Waals surface area contributed by atoms with Crippen LogP contribution in [-0.2, 0) is 10.0 Å². The predicted molar refractivity (Wildman–Crippen MR) is 76.1 cm³/mol. The van der Waals surface area contributed by atoms with E-state index in [2.05, 4.69) is 4.72 Å². The second-order valence-electron chi connectivity index (χ2n) is 5.66. The maximum absolute atomic E-state index is 13.8. The standard InChI is InChI=1S/C14H20F2N2O2S/c1-10-5-2-3-8-14(10,9-17)18-21(19,20)12-7-4-6-11(15)13(12)16/h4,6-7,10,18H,2-3,5,8-9,17H2,1H3. The Kier molecular flexibility index (Phi) is 4.65. The lowest BCUT2D eigenvalue weighted by molar-refractivity contribution is 0.191. The van der Waals surface area contributed by atoms with E-state index in [0.29, 0.717) is 6.42 Å². The van der Waals surface area contributed by atoms with E-state index >= 15 is 0 Å². The molecule has 7 heteroatoms. The Morgan fingerprint density at radius 2 is 2.10 bits per heavy atom. The molecule has 1 fully saturated rings. The van der Waals surface area contributed by atoms with Crippen molar-refractivity contribution in [2.75, 3.05) is 6.54 Å². The van der Waals surface area contributed by atoms with Gasteiger partial charge in [-0.25, -0.2) is 21.9 Å². The van der Waals surface area contributed by atoms with Crippen LogP contribution in [0.5, 0.6) is 0 Å². The Bertz CT molecular complexity index is 621. The predicted octanol–water partition coefficient (Wildman–Crippen LogP) is 2.15. The number of benzene rings is 1. The average molecular weight is 318 g/mol. The maximum atomic E-state index is 13.8. The van der Waals surface area contributed by atoms with Gasteiger partial charge in [-0.1, -0.05) is 25.8 Å². The zero-order valence-corrected chi connectivity index (χ0v) is 12.7. The van der Waals surface area contributed by atoms with Crippen LogP contribution in [0.15, 0.2) is 23.1 Å². The molecule has 0 aliphatic heterocycles. The maximum Gasteiger partial charge on any atom is 0.244 e. The van der Waals surface area contributed by atoms with Gasteiger partial charge in [-0.3, -0.25) is 0 Å². The first-order valence-corrected chi connectivity index (χ1v) is 8.49. The first kappa shape index (κ1) is 16.3. The summed E-state index contributed by atoms with van der Waals surface area (Å²) in [6.07, 6.45) is 3.32. The van der Waals surface area contributed by atoms with Crippen molar-refractivity contribution in [3.63, 3.8) is 0 Å². The summed E-state index contributed by atoms with van der Waals surface area (Å²) >= 11 is 0. The number of halogens is 2. The summed E-state index contributed by atoms with van der Waals surface area (Å²) in [7, 11) is -4.16. The van der Waals surface area contributed by atoms with Crippen LogP contribution in [0.1, 0.15) is 32.6 Å². The van der Waals surface area contributed by atoms with Gasteiger partial charge < -0.3 is 5.73 Å². The van der Waals surface area contributed by atoms with Crippen LogP contribution >= 0.6 is 0 Å². The average Bonchev–Trinajstić information content (AvgIpc) is 2.44. The normalized spacial score (nSPS) is 26.8. The third kappa shape index (κ3) is 3.09. The molecule has 2 rings (SSSR count). The van der Waals surface area contributed by atoms with Crippen molar-refractivity contribution in [2.24, 2.45) is 11.7 Å². The van der Waals surface area contributed by atoms with Crippen molar-refractivity contribution in [1.29, 1.82) is 0 Å². The number of rotatable bonds is 4. The van der Waals surface area contributed by atoms with E-state index in [-0.39, 0.29) is 12.5 Å². The van der Waals surface area contributed by atoms with E-state index in [9.17, 15) is 17.2 Å². The summed E-state index contributed by atoms with van der Waals surface area (Å²) in [4.78, 5) is -0.673. The molecule has 1 aliphatic carbocycles. The van der Waals surface area contributed by atoms with Gasteiger partial charge in [0.1, 0.15) is 4.90 Å². The highest BCUT2D eigenvalue weighted by Gasteiger charge is 2.41. The molecule has 0 radical (unpaired) electrons. The Morgan fingerprint density at radius 3 is 2.71 bits per heavy atom. The van der Waals surface area contributed by atoms with Crippen LogP contribution in [0.4, 0.5) is 8.78 Å². The smallest absolute Gasteiger partial charge is 0.244 e. The summed E-state index contributed by atoms with van der Waals surface area (Å²) < 4.78 is 54.4. The minimum atomic E-state index is -4.16. The highest BCUT2D eigenvalue weighted by Crippen LogP contribution is 2.34. The van der Waals surface area contributed by atoms with Gasteiger partial charge in [0.2, 0.25) is 10.0 Å². The minimum Gasteiger partial charge on any atom is -0.329 e. The van der Waals surface area contributed by atoms with Crippen LogP contribution in [0.2, 0.25) is 0 Å². The fourth-order valence-corrected chi connectivity index (χ4v) is 4.55. The Labute approximate surface area is 123 Å². The second-order valence-corrected chi connectivity index (χ2v) is 7.32. The summed E-state index contributed by atoms with van der Waals surface area (Å²) in [5.74, 6) is -2.50. The third-order valence-electron chi connectivity index (χ3n) is 4.36. The lowest BCUT2D eigenvalue weighted by atomic mass is 9.74. The largest absolute Gasteiger partial charge is 0.329 e. The molecule has 2 unspecified atom stereocenters. The minimum absolute atomic E-state index is 0.0441. The fraction of sp³-hybridized carbons (Fsp3) is 0.571.